The molecule has 0 radical (unpaired) electrons. The first-order chi connectivity index (χ1) is 10.9. The van der Waals surface area contributed by atoms with Crippen molar-refractivity contribution in [1.82, 2.24) is 14.9 Å². The highest BCUT2D eigenvalue weighted by Crippen LogP contribution is 2.30. The van der Waals surface area contributed by atoms with Gasteiger partial charge in [-0.25, -0.2) is 17.9 Å². The summed E-state index contributed by atoms with van der Waals surface area (Å²) in [6, 6.07) is 8.20. The number of nitrogens with zero attached hydrogens (tertiary/aromatic N) is 1. The van der Waals surface area contributed by atoms with Crippen molar-refractivity contribution < 1.29 is 13.2 Å². The largest absolute Gasteiger partial charge is 0.331 e. The topological polar surface area (TPSA) is 78.5 Å². The second kappa shape index (κ2) is 6.49. The molecule has 1 aromatic rings. The molecule has 1 aliphatic heterocycles. The second-order valence-electron chi connectivity index (χ2n) is 6.39. The number of rotatable bonds is 3. The highest BCUT2D eigenvalue weighted by molar-refractivity contribution is 7.88. The van der Waals surface area contributed by atoms with Crippen LogP contribution in [0.4, 0.5) is 4.79 Å². The fourth-order valence-electron chi connectivity index (χ4n) is 3.45. The van der Waals surface area contributed by atoms with Gasteiger partial charge in [-0.3, -0.25) is 0 Å². The molecule has 0 aromatic heterocycles. The molecule has 6 nitrogen and oxygen atoms in total. The van der Waals surface area contributed by atoms with E-state index in [9.17, 15) is 13.2 Å². The smallest absolute Gasteiger partial charge is 0.317 e. The summed E-state index contributed by atoms with van der Waals surface area (Å²) in [5.41, 5.74) is 2.53. The summed E-state index contributed by atoms with van der Waals surface area (Å²) in [6.07, 6.45) is 4.42. The van der Waals surface area contributed by atoms with E-state index in [-0.39, 0.29) is 18.1 Å². The summed E-state index contributed by atoms with van der Waals surface area (Å²) in [5, 5.41) is 3.12. The van der Waals surface area contributed by atoms with Crippen molar-refractivity contribution in [2.75, 3.05) is 19.3 Å². The third kappa shape index (κ3) is 4.03. The molecule has 0 bridgehead atoms. The fourth-order valence-corrected chi connectivity index (χ4v) is 4.29. The van der Waals surface area contributed by atoms with Gasteiger partial charge in [-0.05, 0) is 36.8 Å². The zero-order chi connectivity index (χ0) is 16.4. The molecule has 0 saturated carbocycles. The molecular weight excluding hydrogens is 314 g/mol. The summed E-state index contributed by atoms with van der Waals surface area (Å²) in [6.45, 7) is 1.15. The van der Waals surface area contributed by atoms with Crippen LogP contribution >= 0.6 is 0 Å². The van der Waals surface area contributed by atoms with Gasteiger partial charge < -0.3 is 10.2 Å². The van der Waals surface area contributed by atoms with Gasteiger partial charge >= 0.3 is 6.03 Å². The number of piperidine rings is 1. The van der Waals surface area contributed by atoms with E-state index in [1.165, 1.54) is 17.4 Å². The Bertz CT molecular complexity index is 682. The van der Waals surface area contributed by atoms with Gasteiger partial charge in [0, 0.05) is 19.1 Å². The molecule has 0 spiro atoms. The molecule has 1 atom stereocenters. The van der Waals surface area contributed by atoms with Gasteiger partial charge in [0.1, 0.15) is 0 Å². The quantitative estimate of drug-likeness (QED) is 0.875. The van der Waals surface area contributed by atoms with Crippen LogP contribution in [0.15, 0.2) is 24.3 Å². The predicted molar refractivity (Wildman–Crippen MR) is 88.6 cm³/mol. The molecule has 1 fully saturated rings. The van der Waals surface area contributed by atoms with Gasteiger partial charge in [-0.15, -0.1) is 0 Å². The lowest BCUT2D eigenvalue weighted by atomic mass is 10.1. The lowest BCUT2D eigenvalue weighted by Gasteiger charge is -2.32. The van der Waals surface area contributed by atoms with Crippen LogP contribution in [-0.4, -0.2) is 44.7 Å². The number of likely N-dealkylation sites (tertiary alicyclic amines) is 1. The van der Waals surface area contributed by atoms with E-state index in [1.54, 1.807) is 4.90 Å². The second-order valence-corrected chi connectivity index (χ2v) is 8.17. The molecule has 1 aromatic carbocycles. The maximum absolute atomic E-state index is 12.4. The SMILES string of the molecule is CS(=O)(=O)NC1CCN(C(=O)N[C@H]2CCc3ccccc32)CC1. The number of hydrogen-bond donors (Lipinski definition) is 2. The van der Waals surface area contributed by atoms with E-state index < -0.39 is 10.0 Å². The summed E-state index contributed by atoms with van der Waals surface area (Å²) >= 11 is 0. The molecule has 1 saturated heterocycles. The van der Waals surface area contributed by atoms with E-state index in [2.05, 4.69) is 22.2 Å². The molecular formula is C16H23N3O3S. The molecule has 1 heterocycles. The number of carbonyl (C=O) groups excluding carboxylic acids is 1. The predicted octanol–water partition coefficient (Wildman–Crippen LogP) is 1.40. The standard InChI is InChI=1S/C16H23N3O3S/c1-23(21,22)18-13-8-10-19(11-9-13)16(20)17-15-7-6-12-4-2-3-5-14(12)15/h2-5,13,15,18H,6-11H2,1H3,(H,17,20)/t15-/m0/s1. The number of sulfonamides is 1. The molecule has 126 valence electrons. The maximum Gasteiger partial charge on any atom is 0.317 e. The highest BCUT2D eigenvalue weighted by Gasteiger charge is 2.28. The van der Waals surface area contributed by atoms with Gasteiger partial charge in [-0.1, -0.05) is 24.3 Å². The van der Waals surface area contributed by atoms with E-state index >= 15 is 0 Å². The Morgan fingerprint density at radius 1 is 1.17 bits per heavy atom. The van der Waals surface area contributed by atoms with E-state index in [1.807, 2.05) is 12.1 Å². The van der Waals surface area contributed by atoms with Crippen molar-refractivity contribution in [3.63, 3.8) is 0 Å². The van der Waals surface area contributed by atoms with Crippen LogP contribution in [0.3, 0.4) is 0 Å². The number of fused-ring (bicyclic) bond motifs is 1. The molecule has 2 N–H and O–H groups in total. The zero-order valence-corrected chi connectivity index (χ0v) is 14.1. The van der Waals surface area contributed by atoms with Gasteiger partial charge in [0.05, 0.1) is 12.3 Å². The van der Waals surface area contributed by atoms with Crippen molar-refractivity contribution >= 4 is 16.1 Å². The zero-order valence-electron chi connectivity index (χ0n) is 13.3. The molecule has 2 amide bonds. The molecule has 0 unspecified atom stereocenters. The van der Waals surface area contributed by atoms with Crippen molar-refractivity contribution in [3.8, 4) is 0 Å². The Morgan fingerprint density at radius 3 is 2.57 bits per heavy atom. The summed E-state index contributed by atoms with van der Waals surface area (Å²) < 4.78 is 25.1. The molecule has 7 heteroatoms. The van der Waals surface area contributed by atoms with E-state index in [0.29, 0.717) is 25.9 Å². The van der Waals surface area contributed by atoms with Crippen molar-refractivity contribution in [3.05, 3.63) is 35.4 Å². The average molecular weight is 337 g/mol. The number of nitrogens with one attached hydrogen (secondary N) is 2. The Labute approximate surface area is 137 Å². The molecule has 1 aliphatic carbocycles. The van der Waals surface area contributed by atoms with Gasteiger partial charge in [0.25, 0.3) is 0 Å². The van der Waals surface area contributed by atoms with Crippen LogP contribution in [-0.2, 0) is 16.4 Å². The number of carbonyl (C=O) groups is 1. The number of urea groups is 1. The molecule has 3 rings (SSSR count). The summed E-state index contributed by atoms with van der Waals surface area (Å²) in [4.78, 5) is 14.2. The van der Waals surface area contributed by atoms with Crippen molar-refractivity contribution in [2.45, 2.75) is 37.8 Å². The monoisotopic (exact) mass is 337 g/mol. The fraction of sp³-hybridized carbons (Fsp3) is 0.562. The number of hydrogen-bond acceptors (Lipinski definition) is 3. The van der Waals surface area contributed by atoms with Crippen molar-refractivity contribution in [2.24, 2.45) is 0 Å². The lowest BCUT2D eigenvalue weighted by Crippen LogP contribution is -2.49. The van der Waals surface area contributed by atoms with Crippen LogP contribution in [0.5, 0.6) is 0 Å². The van der Waals surface area contributed by atoms with Crippen LogP contribution < -0.4 is 10.0 Å². The first-order valence-electron chi connectivity index (χ1n) is 8.03. The Hall–Kier alpha value is -1.60. The number of amides is 2. The van der Waals surface area contributed by atoms with Crippen LogP contribution in [0.2, 0.25) is 0 Å². The van der Waals surface area contributed by atoms with Gasteiger partial charge in [-0.2, -0.15) is 0 Å². The van der Waals surface area contributed by atoms with Gasteiger partial charge in [0.15, 0.2) is 0 Å². The first kappa shape index (κ1) is 16.3. The minimum atomic E-state index is -3.18. The third-order valence-corrected chi connectivity index (χ3v) is 5.35. The summed E-state index contributed by atoms with van der Waals surface area (Å²) in [5.74, 6) is 0. The van der Waals surface area contributed by atoms with Crippen LogP contribution in [0.25, 0.3) is 0 Å². The minimum absolute atomic E-state index is 0.0514. The average Bonchev–Trinajstić information content (AvgIpc) is 2.90. The normalized spacial score (nSPS) is 22.0. The summed E-state index contributed by atoms with van der Waals surface area (Å²) in [7, 11) is -3.18. The Kier molecular flexibility index (Phi) is 4.59. The number of benzene rings is 1. The van der Waals surface area contributed by atoms with Crippen LogP contribution in [0, 0.1) is 0 Å². The van der Waals surface area contributed by atoms with Gasteiger partial charge in [0.2, 0.25) is 10.0 Å². The van der Waals surface area contributed by atoms with E-state index in [4.69, 9.17) is 0 Å². The highest BCUT2D eigenvalue weighted by atomic mass is 32.2. The Balaban J connectivity index is 1.53. The molecule has 23 heavy (non-hydrogen) atoms. The third-order valence-electron chi connectivity index (χ3n) is 4.59. The molecule has 2 aliphatic rings. The van der Waals surface area contributed by atoms with Crippen molar-refractivity contribution in [1.29, 1.82) is 0 Å². The minimum Gasteiger partial charge on any atom is -0.331 e. The maximum atomic E-state index is 12.4. The number of aryl methyl sites for hydroxylation is 1. The first-order valence-corrected chi connectivity index (χ1v) is 9.92. The Morgan fingerprint density at radius 2 is 1.87 bits per heavy atom. The lowest BCUT2D eigenvalue weighted by molar-refractivity contribution is 0.176. The van der Waals surface area contributed by atoms with E-state index in [0.717, 1.165) is 12.8 Å². The van der Waals surface area contributed by atoms with Crippen LogP contribution in [0.1, 0.15) is 36.4 Å².